The molecule has 0 aromatic carbocycles. The van der Waals surface area contributed by atoms with Crippen molar-refractivity contribution in [1.82, 2.24) is 5.32 Å². The SMILES string of the molecule is O=C(NCCCS(=O)(=O)O)C1OC(O)[C@H](O)[C@@H](O)[C@@H]1O. The minimum absolute atomic E-state index is 0.0683. The topological polar surface area (TPSA) is 174 Å². The van der Waals surface area contributed by atoms with Crippen LogP contribution in [0.2, 0.25) is 0 Å². The second-order valence-corrected chi connectivity index (χ2v) is 5.92. The third-order valence-corrected chi connectivity index (χ3v) is 3.53. The first kappa shape index (κ1) is 17.2. The fourth-order valence-electron chi connectivity index (χ4n) is 1.64. The zero-order chi connectivity index (χ0) is 15.5. The summed E-state index contributed by atoms with van der Waals surface area (Å²) in [5.41, 5.74) is 0. The summed E-state index contributed by atoms with van der Waals surface area (Å²) in [4.78, 5) is 11.6. The molecule has 0 aromatic rings. The second-order valence-electron chi connectivity index (χ2n) is 4.35. The van der Waals surface area contributed by atoms with Crippen molar-refractivity contribution < 1.29 is 42.9 Å². The Labute approximate surface area is 114 Å². The molecule has 1 rings (SSSR count). The third-order valence-electron chi connectivity index (χ3n) is 2.72. The maximum Gasteiger partial charge on any atom is 0.264 e. The number of nitrogens with one attached hydrogen (secondary N) is 1. The van der Waals surface area contributed by atoms with Crippen molar-refractivity contribution in [1.29, 1.82) is 0 Å². The monoisotopic (exact) mass is 315 g/mol. The number of amides is 1. The fourth-order valence-corrected chi connectivity index (χ4v) is 2.15. The molecule has 20 heavy (non-hydrogen) atoms. The van der Waals surface area contributed by atoms with Crippen LogP contribution in [0.15, 0.2) is 0 Å². The number of aliphatic hydroxyl groups excluding tert-OH is 4. The maximum absolute atomic E-state index is 11.6. The molecule has 118 valence electrons. The smallest absolute Gasteiger partial charge is 0.264 e. The molecular weight excluding hydrogens is 298 g/mol. The fraction of sp³-hybridized carbons (Fsp3) is 0.889. The third kappa shape index (κ3) is 4.63. The van der Waals surface area contributed by atoms with Gasteiger partial charge >= 0.3 is 0 Å². The Morgan fingerprint density at radius 3 is 2.25 bits per heavy atom. The van der Waals surface area contributed by atoms with E-state index in [4.69, 9.17) is 4.55 Å². The van der Waals surface area contributed by atoms with Crippen LogP contribution < -0.4 is 5.32 Å². The average molecular weight is 315 g/mol. The molecule has 5 atom stereocenters. The minimum Gasteiger partial charge on any atom is -0.387 e. The number of carbonyl (C=O) groups is 1. The first-order valence-electron chi connectivity index (χ1n) is 5.74. The normalized spacial score (nSPS) is 34.8. The van der Waals surface area contributed by atoms with Crippen molar-refractivity contribution in [3.63, 3.8) is 0 Å². The van der Waals surface area contributed by atoms with E-state index in [0.29, 0.717) is 0 Å². The lowest BCUT2D eigenvalue weighted by Crippen LogP contribution is -2.61. The van der Waals surface area contributed by atoms with Crippen molar-refractivity contribution in [2.24, 2.45) is 0 Å². The summed E-state index contributed by atoms with van der Waals surface area (Å²) < 4.78 is 34.0. The molecule has 6 N–H and O–H groups in total. The molecule has 2 unspecified atom stereocenters. The number of aliphatic hydroxyl groups is 4. The standard InChI is InChI=1S/C9H17NO9S/c11-4-5(12)7(19-9(15)6(4)13)8(14)10-2-1-3-20(16,17)18/h4-7,9,11-13,15H,1-3H2,(H,10,14)(H,16,17,18)/t4-,5-,6+,7?,9?/m0/s1. The van der Waals surface area contributed by atoms with Crippen LogP contribution in [-0.2, 0) is 19.6 Å². The highest BCUT2D eigenvalue weighted by Crippen LogP contribution is 2.19. The van der Waals surface area contributed by atoms with Crippen LogP contribution in [0.3, 0.4) is 0 Å². The van der Waals surface area contributed by atoms with E-state index >= 15 is 0 Å². The number of rotatable bonds is 5. The lowest BCUT2D eigenvalue weighted by molar-refractivity contribution is -0.275. The van der Waals surface area contributed by atoms with Gasteiger partial charge in [0.05, 0.1) is 5.75 Å². The van der Waals surface area contributed by atoms with Crippen molar-refractivity contribution in [3.8, 4) is 0 Å². The Bertz CT molecular complexity index is 439. The molecule has 1 aliphatic rings. The molecule has 0 radical (unpaired) electrons. The molecule has 10 nitrogen and oxygen atoms in total. The molecule has 0 bridgehead atoms. The van der Waals surface area contributed by atoms with Crippen LogP contribution in [-0.4, -0.2) is 82.3 Å². The quantitative estimate of drug-likeness (QED) is 0.219. The van der Waals surface area contributed by atoms with Crippen molar-refractivity contribution in [2.75, 3.05) is 12.3 Å². The number of carbonyl (C=O) groups excluding carboxylic acids is 1. The Morgan fingerprint density at radius 1 is 1.10 bits per heavy atom. The molecule has 0 saturated carbocycles. The molecular formula is C9H17NO9S. The Balaban J connectivity index is 2.47. The van der Waals surface area contributed by atoms with Gasteiger partial charge in [0.2, 0.25) is 0 Å². The summed E-state index contributed by atoms with van der Waals surface area (Å²) in [7, 11) is -4.13. The molecule has 0 spiro atoms. The minimum atomic E-state index is -4.13. The molecule has 1 fully saturated rings. The summed E-state index contributed by atoms with van der Waals surface area (Å²) in [6.45, 7) is -0.125. The summed E-state index contributed by atoms with van der Waals surface area (Å²) in [6.07, 6.45) is -8.74. The lowest BCUT2D eigenvalue weighted by atomic mass is 9.98. The van der Waals surface area contributed by atoms with Crippen LogP contribution in [0.4, 0.5) is 0 Å². The predicted molar refractivity (Wildman–Crippen MR) is 62.9 cm³/mol. The van der Waals surface area contributed by atoms with E-state index in [1.165, 1.54) is 0 Å². The highest BCUT2D eigenvalue weighted by molar-refractivity contribution is 7.85. The summed E-state index contributed by atoms with van der Waals surface area (Å²) in [5, 5.41) is 39.6. The van der Waals surface area contributed by atoms with E-state index in [1.54, 1.807) is 0 Å². The molecule has 1 aliphatic heterocycles. The van der Waals surface area contributed by atoms with E-state index in [9.17, 15) is 33.6 Å². The van der Waals surface area contributed by atoms with Gasteiger partial charge in [-0.25, -0.2) is 0 Å². The van der Waals surface area contributed by atoms with Gasteiger partial charge in [-0.15, -0.1) is 0 Å². The van der Waals surface area contributed by atoms with Crippen molar-refractivity contribution in [3.05, 3.63) is 0 Å². The highest BCUT2D eigenvalue weighted by Gasteiger charge is 2.45. The Kier molecular flexibility index (Phi) is 5.82. The lowest BCUT2D eigenvalue weighted by Gasteiger charge is -2.37. The zero-order valence-electron chi connectivity index (χ0n) is 10.3. The van der Waals surface area contributed by atoms with Gasteiger partial charge in [-0.3, -0.25) is 9.35 Å². The molecule has 1 heterocycles. The Hall–Kier alpha value is -0.820. The Morgan fingerprint density at radius 2 is 1.70 bits per heavy atom. The van der Waals surface area contributed by atoms with Gasteiger partial charge in [-0.05, 0) is 6.42 Å². The van der Waals surface area contributed by atoms with E-state index < -0.39 is 52.5 Å². The van der Waals surface area contributed by atoms with E-state index in [-0.39, 0.29) is 13.0 Å². The van der Waals surface area contributed by atoms with Gasteiger partial charge in [0.25, 0.3) is 16.0 Å². The summed E-state index contributed by atoms with van der Waals surface area (Å²) >= 11 is 0. The van der Waals surface area contributed by atoms with Gasteiger partial charge < -0.3 is 30.5 Å². The molecule has 0 aromatic heterocycles. The van der Waals surface area contributed by atoms with Crippen LogP contribution in [0.5, 0.6) is 0 Å². The van der Waals surface area contributed by atoms with Crippen LogP contribution >= 0.6 is 0 Å². The highest BCUT2D eigenvalue weighted by atomic mass is 32.2. The van der Waals surface area contributed by atoms with Gasteiger partial charge in [0.15, 0.2) is 12.4 Å². The van der Waals surface area contributed by atoms with Crippen molar-refractivity contribution in [2.45, 2.75) is 37.1 Å². The largest absolute Gasteiger partial charge is 0.387 e. The average Bonchev–Trinajstić information content (AvgIpc) is 2.35. The van der Waals surface area contributed by atoms with E-state index in [0.717, 1.165) is 0 Å². The number of ether oxygens (including phenoxy) is 1. The first-order valence-corrected chi connectivity index (χ1v) is 7.35. The molecule has 11 heteroatoms. The van der Waals surface area contributed by atoms with Crippen LogP contribution in [0, 0.1) is 0 Å². The van der Waals surface area contributed by atoms with Gasteiger partial charge in [-0.1, -0.05) is 0 Å². The van der Waals surface area contributed by atoms with Crippen molar-refractivity contribution >= 4 is 16.0 Å². The number of hydrogen-bond donors (Lipinski definition) is 6. The van der Waals surface area contributed by atoms with E-state index in [2.05, 4.69) is 10.1 Å². The summed E-state index contributed by atoms with van der Waals surface area (Å²) in [6, 6.07) is 0. The molecule has 1 saturated heterocycles. The predicted octanol–water partition coefficient (Wildman–Crippen LogP) is -3.82. The van der Waals surface area contributed by atoms with E-state index in [1.807, 2.05) is 0 Å². The summed E-state index contributed by atoms with van der Waals surface area (Å²) in [5.74, 6) is -1.44. The second kappa shape index (κ2) is 6.76. The van der Waals surface area contributed by atoms with Crippen LogP contribution in [0.25, 0.3) is 0 Å². The first-order chi connectivity index (χ1) is 9.13. The van der Waals surface area contributed by atoms with Gasteiger partial charge in [0.1, 0.15) is 18.3 Å². The zero-order valence-corrected chi connectivity index (χ0v) is 11.1. The number of hydrogen-bond acceptors (Lipinski definition) is 8. The van der Waals surface area contributed by atoms with Crippen LogP contribution in [0.1, 0.15) is 6.42 Å². The molecule has 1 amide bonds. The van der Waals surface area contributed by atoms with Gasteiger partial charge in [0, 0.05) is 6.54 Å². The maximum atomic E-state index is 11.6. The molecule has 0 aliphatic carbocycles. The van der Waals surface area contributed by atoms with Gasteiger partial charge in [-0.2, -0.15) is 8.42 Å².